The maximum atomic E-state index is 11.4. The summed E-state index contributed by atoms with van der Waals surface area (Å²) in [4.78, 5) is 22.2. The molecule has 2 heterocycles. The van der Waals surface area contributed by atoms with E-state index in [9.17, 15) is 14.7 Å². The van der Waals surface area contributed by atoms with Crippen molar-refractivity contribution in [1.82, 2.24) is 0 Å². The number of carboxylic acids is 1. The van der Waals surface area contributed by atoms with Crippen LogP contribution >= 0.6 is 0 Å². The normalized spacial score (nSPS) is 11.1. The Labute approximate surface area is 98.7 Å². The van der Waals surface area contributed by atoms with Crippen molar-refractivity contribution in [2.45, 2.75) is 0 Å². The lowest BCUT2D eigenvalue weighted by Crippen LogP contribution is -2.12. The van der Waals surface area contributed by atoms with Gasteiger partial charge in [0, 0.05) is 10.8 Å². The number of phenolic OH excluding ortho intramolecular Hbond substituents is 1. The SMILES string of the molecule is O=C(O)c1cc2cc3ccoc3c(O)c2oc1=O. The van der Waals surface area contributed by atoms with E-state index in [2.05, 4.69) is 0 Å². The van der Waals surface area contributed by atoms with Gasteiger partial charge in [-0.05, 0) is 18.2 Å². The third-order valence-electron chi connectivity index (χ3n) is 2.64. The average molecular weight is 246 g/mol. The van der Waals surface area contributed by atoms with Crippen LogP contribution in [-0.4, -0.2) is 16.2 Å². The Balaban J connectivity index is 2.52. The van der Waals surface area contributed by atoms with Gasteiger partial charge >= 0.3 is 11.6 Å². The molecule has 0 radical (unpaired) electrons. The Hall–Kier alpha value is -2.76. The maximum Gasteiger partial charge on any atom is 0.351 e. The Morgan fingerprint density at radius 1 is 1.17 bits per heavy atom. The molecule has 6 heteroatoms. The van der Waals surface area contributed by atoms with Crippen molar-refractivity contribution in [1.29, 1.82) is 0 Å². The quantitative estimate of drug-likeness (QED) is 0.636. The van der Waals surface area contributed by atoms with E-state index in [4.69, 9.17) is 13.9 Å². The van der Waals surface area contributed by atoms with E-state index in [0.29, 0.717) is 10.8 Å². The summed E-state index contributed by atoms with van der Waals surface area (Å²) < 4.78 is 9.86. The Bertz CT molecular complexity index is 839. The van der Waals surface area contributed by atoms with Crippen LogP contribution in [0, 0.1) is 0 Å². The molecule has 0 spiro atoms. The van der Waals surface area contributed by atoms with Crippen molar-refractivity contribution < 1.29 is 23.8 Å². The first-order chi connectivity index (χ1) is 8.58. The van der Waals surface area contributed by atoms with Gasteiger partial charge in [-0.2, -0.15) is 0 Å². The first-order valence-corrected chi connectivity index (χ1v) is 4.98. The van der Waals surface area contributed by atoms with Crippen molar-refractivity contribution in [3.63, 3.8) is 0 Å². The van der Waals surface area contributed by atoms with E-state index in [1.807, 2.05) is 0 Å². The van der Waals surface area contributed by atoms with Crippen molar-refractivity contribution in [3.8, 4) is 5.75 Å². The lowest BCUT2D eigenvalue weighted by molar-refractivity contribution is 0.0692. The third kappa shape index (κ3) is 1.29. The molecule has 0 saturated carbocycles. The van der Waals surface area contributed by atoms with Crippen LogP contribution in [0.15, 0.2) is 38.1 Å². The number of aromatic hydroxyl groups is 1. The molecule has 0 unspecified atom stereocenters. The van der Waals surface area contributed by atoms with Crippen molar-refractivity contribution in [2.75, 3.05) is 0 Å². The van der Waals surface area contributed by atoms with Crippen LogP contribution in [0.1, 0.15) is 10.4 Å². The van der Waals surface area contributed by atoms with Gasteiger partial charge in [-0.25, -0.2) is 9.59 Å². The Morgan fingerprint density at radius 2 is 1.94 bits per heavy atom. The number of fused-ring (bicyclic) bond motifs is 2. The average Bonchev–Trinajstić information content (AvgIpc) is 2.78. The van der Waals surface area contributed by atoms with E-state index in [1.165, 1.54) is 6.26 Å². The zero-order valence-corrected chi connectivity index (χ0v) is 8.84. The van der Waals surface area contributed by atoms with Crippen molar-refractivity contribution in [2.24, 2.45) is 0 Å². The molecule has 90 valence electrons. The van der Waals surface area contributed by atoms with Crippen LogP contribution in [0.4, 0.5) is 0 Å². The maximum absolute atomic E-state index is 11.4. The number of hydrogen-bond acceptors (Lipinski definition) is 5. The highest BCUT2D eigenvalue weighted by atomic mass is 16.4. The van der Waals surface area contributed by atoms with E-state index < -0.39 is 17.2 Å². The second-order valence-electron chi connectivity index (χ2n) is 3.74. The largest absolute Gasteiger partial charge is 0.502 e. The van der Waals surface area contributed by atoms with Gasteiger partial charge in [0.25, 0.3) is 0 Å². The summed E-state index contributed by atoms with van der Waals surface area (Å²) in [5, 5.41) is 19.6. The second-order valence-corrected chi connectivity index (χ2v) is 3.74. The molecule has 2 N–H and O–H groups in total. The summed E-state index contributed by atoms with van der Waals surface area (Å²) in [6.45, 7) is 0. The topological polar surface area (TPSA) is 101 Å². The minimum atomic E-state index is -1.38. The first-order valence-electron chi connectivity index (χ1n) is 4.98. The zero-order chi connectivity index (χ0) is 12.9. The van der Waals surface area contributed by atoms with Gasteiger partial charge in [-0.15, -0.1) is 0 Å². The Morgan fingerprint density at radius 3 is 2.67 bits per heavy atom. The fourth-order valence-corrected chi connectivity index (χ4v) is 1.82. The van der Waals surface area contributed by atoms with Gasteiger partial charge in [-0.3, -0.25) is 0 Å². The van der Waals surface area contributed by atoms with Gasteiger partial charge in [0.15, 0.2) is 11.2 Å². The smallest absolute Gasteiger partial charge is 0.351 e. The highest BCUT2D eigenvalue weighted by Crippen LogP contribution is 2.33. The number of rotatable bonds is 1. The molecule has 3 rings (SSSR count). The molecule has 6 nitrogen and oxygen atoms in total. The Kier molecular flexibility index (Phi) is 1.94. The van der Waals surface area contributed by atoms with Crippen LogP contribution in [0.25, 0.3) is 21.9 Å². The number of carboxylic acid groups (broad SMARTS) is 1. The highest BCUT2D eigenvalue weighted by Gasteiger charge is 2.17. The molecular formula is C12H6O6. The third-order valence-corrected chi connectivity index (χ3v) is 2.64. The summed E-state index contributed by atoms with van der Waals surface area (Å²) in [7, 11) is 0. The molecule has 0 aliphatic carbocycles. The standard InChI is InChI=1S/C12H6O6/c13-8-9-5(1-2-17-9)3-6-4-7(11(14)15)12(16)18-10(6)8/h1-4,13H,(H,14,15). The number of phenols is 1. The second kappa shape index (κ2) is 3.36. The minimum Gasteiger partial charge on any atom is -0.502 e. The van der Waals surface area contributed by atoms with E-state index in [1.54, 1.807) is 12.1 Å². The van der Waals surface area contributed by atoms with E-state index in [-0.39, 0.29) is 16.9 Å². The van der Waals surface area contributed by atoms with Crippen molar-refractivity contribution >= 4 is 27.9 Å². The molecule has 0 saturated heterocycles. The monoisotopic (exact) mass is 246 g/mol. The number of carbonyl (C=O) groups is 1. The van der Waals surface area contributed by atoms with E-state index in [0.717, 1.165) is 6.07 Å². The lowest BCUT2D eigenvalue weighted by atomic mass is 10.1. The first kappa shape index (κ1) is 10.4. The highest BCUT2D eigenvalue weighted by molar-refractivity contribution is 6.01. The number of benzene rings is 1. The van der Waals surface area contributed by atoms with Gasteiger partial charge in [0.2, 0.25) is 5.75 Å². The van der Waals surface area contributed by atoms with Crippen LogP contribution in [0.2, 0.25) is 0 Å². The summed E-state index contributed by atoms with van der Waals surface area (Å²) in [5.41, 5.74) is -1.40. The van der Waals surface area contributed by atoms with Gasteiger partial charge in [0.05, 0.1) is 6.26 Å². The predicted octanol–water partition coefficient (Wildman–Crippen LogP) is 1.94. The minimum absolute atomic E-state index is 0.0903. The van der Waals surface area contributed by atoms with Gasteiger partial charge in [-0.1, -0.05) is 0 Å². The predicted molar refractivity (Wildman–Crippen MR) is 60.9 cm³/mol. The molecule has 0 atom stereocenters. The summed E-state index contributed by atoms with van der Waals surface area (Å²) in [5.74, 6) is -1.70. The fraction of sp³-hybridized carbons (Fsp3) is 0. The van der Waals surface area contributed by atoms with Crippen LogP contribution in [-0.2, 0) is 0 Å². The fourth-order valence-electron chi connectivity index (χ4n) is 1.82. The molecule has 0 aliphatic heterocycles. The molecule has 0 aliphatic rings. The molecule has 0 bridgehead atoms. The van der Waals surface area contributed by atoms with Crippen molar-refractivity contribution in [3.05, 3.63) is 40.4 Å². The molecule has 18 heavy (non-hydrogen) atoms. The molecule has 0 amide bonds. The number of furan rings is 1. The van der Waals surface area contributed by atoms with Crippen LogP contribution < -0.4 is 5.63 Å². The molecule has 3 aromatic rings. The lowest BCUT2D eigenvalue weighted by Gasteiger charge is -2.01. The molecule has 0 fully saturated rings. The van der Waals surface area contributed by atoms with Gasteiger partial charge in [0.1, 0.15) is 5.56 Å². The molecule has 2 aromatic heterocycles. The summed E-state index contributed by atoms with van der Waals surface area (Å²) >= 11 is 0. The van der Waals surface area contributed by atoms with Crippen LogP contribution in [0.3, 0.4) is 0 Å². The van der Waals surface area contributed by atoms with Gasteiger partial charge < -0.3 is 19.0 Å². The summed E-state index contributed by atoms with van der Waals surface area (Å²) in [6, 6.07) is 4.35. The van der Waals surface area contributed by atoms with E-state index >= 15 is 0 Å². The summed E-state index contributed by atoms with van der Waals surface area (Å²) in [6.07, 6.45) is 1.37. The number of aromatic carboxylic acids is 1. The zero-order valence-electron chi connectivity index (χ0n) is 8.84. The molecular weight excluding hydrogens is 240 g/mol. The van der Waals surface area contributed by atoms with Crippen LogP contribution in [0.5, 0.6) is 5.75 Å². The number of hydrogen-bond donors (Lipinski definition) is 2. The molecule has 1 aromatic carbocycles.